The first-order valence-corrected chi connectivity index (χ1v) is 2.32. The van der Waals surface area contributed by atoms with Gasteiger partial charge >= 0.3 is 5.69 Å². The molecule has 0 bridgehead atoms. The Morgan fingerprint density at radius 2 is 2.50 bits per heavy atom. The van der Waals surface area contributed by atoms with E-state index >= 15 is 0 Å². The van der Waals surface area contributed by atoms with Crippen molar-refractivity contribution in [1.29, 1.82) is 0 Å². The molecule has 0 atom stereocenters. The van der Waals surface area contributed by atoms with Gasteiger partial charge in [0.2, 0.25) is 0 Å². The molecule has 8 heavy (non-hydrogen) atoms. The second kappa shape index (κ2) is 1.63. The summed E-state index contributed by atoms with van der Waals surface area (Å²) >= 11 is 5.25. The summed E-state index contributed by atoms with van der Waals surface area (Å²) in [5.74, 6) is 0. The Morgan fingerprint density at radius 1 is 1.88 bits per heavy atom. The van der Waals surface area contributed by atoms with E-state index in [1.54, 1.807) is 0 Å². The number of halogens is 1. The Hall–Kier alpha value is -0.770. The van der Waals surface area contributed by atoms with E-state index in [4.69, 9.17) is 11.8 Å². The maximum absolute atomic E-state index is 10.5. The molecule has 0 N–H and O–H groups in total. The molecule has 5 heteroatoms. The van der Waals surface area contributed by atoms with E-state index in [-0.39, 0.29) is 5.69 Å². The summed E-state index contributed by atoms with van der Waals surface area (Å²) in [7, 11) is 1.53. The van der Waals surface area contributed by atoms with Gasteiger partial charge in [0.05, 0.1) is 0 Å². The molecule has 0 radical (unpaired) electrons. The molecular weight excluding hydrogens is 130 g/mol. The first-order valence-electron chi connectivity index (χ1n) is 1.98. The monoisotopic (exact) mass is 133 g/mol. The minimum atomic E-state index is -0.327. The number of aryl methyl sites for hydroxylation is 1. The lowest BCUT2D eigenvalue weighted by molar-refractivity contribution is 0.731. The molecule has 0 fully saturated rings. The molecular formula is C3H4ClN3O. The minimum Gasteiger partial charge on any atom is -0.245 e. The maximum atomic E-state index is 10.5. The lowest BCUT2D eigenvalue weighted by Crippen LogP contribution is -2.17. The molecule has 0 spiro atoms. The van der Waals surface area contributed by atoms with Crippen molar-refractivity contribution in [2.24, 2.45) is 7.05 Å². The van der Waals surface area contributed by atoms with E-state index in [1.807, 2.05) is 0 Å². The number of hydrogen-bond acceptors (Lipinski definition) is 2. The average Bonchev–Trinajstić information content (AvgIpc) is 1.98. The van der Waals surface area contributed by atoms with Gasteiger partial charge in [0.25, 0.3) is 0 Å². The van der Waals surface area contributed by atoms with Crippen LogP contribution in [0.15, 0.2) is 11.1 Å². The Kier molecular flexibility index (Phi) is 1.09. The highest BCUT2D eigenvalue weighted by Crippen LogP contribution is 1.75. The molecule has 0 aliphatic heterocycles. The summed E-state index contributed by atoms with van der Waals surface area (Å²) in [5, 5.41) is 3.55. The average molecular weight is 134 g/mol. The van der Waals surface area contributed by atoms with Gasteiger partial charge in [-0.05, 0) is 0 Å². The summed E-state index contributed by atoms with van der Waals surface area (Å²) in [6.07, 6.45) is 1.24. The molecule has 0 aliphatic rings. The zero-order valence-corrected chi connectivity index (χ0v) is 4.96. The third kappa shape index (κ3) is 0.626. The van der Waals surface area contributed by atoms with Gasteiger partial charge in [-0.2, -0.15) is 9.18 Å². The highest BCUT2D eigenvalue weighted by molar-refractivity contribution is 6.15. The Bertz CT molecular complexity index is 214. The number of rotatable bonds is 0. The van der Waals surface area contributed by atoms with Crippen molar-refractivity contribution in [3.63, 3.8) is 0 Å². The summed E-state index contributed by atoms with van der Waals surface area (Å²) in [4.78, 5) is 10.5. The topological polar surface area (TPSA) is 39.8 Å². The number of aromatic nitrogens is 3. The van der Waals surface area contributed by atoms with Crippen molar-refractivity contribution < 1.29 is 0 Å². The van der Waals surface area contributed by atoms with Gasteiger partial charge in [0.1, 0.15) is 6.33 Å². The molecule has 4 nitrogen and oxygen atoms in total. The summed E-state index contributed by atoms with van der Waals surface area (Å²) < 4.78 is 2.03. The first kappa shape index (κ1) is 5.37. The van der Waals surface area contributed by atoms with Crippen LogP contribution in [-0.4, -0.2) is 13.9 Å². The normalized spacial score (nSPS) is 9.75. The smallest absolute Gasteiger partial charge is 0.245 e. The fraction of sp³-hybridized carbons (Fsp3) is 0.333. The highest BCUT2D eigenvalue weighted by atomic mass is 35.5. The second-order valence-electron chi connectivity index (χ2n) is 1.35. The molecule has 0 amide bonds. The Labute approximate surface area is 50.4 Å². The van der Waals surface area contributed by atoms with Gasteiger partial charge < -0.3 is 0 Å². The van der Waals surface area contributed by atoms with Crippen molar-refractivity contribution in [3.8, 4) is 0 Å². The van der Waals surface area contributed by atoms with Crippen LogP contribution in [0.5, 0.6) is 0 Å². The first-order chi connectivity index (χ1) is 3.72. The van der Waals surface area contributed by atoms with Crippen LogP contribution in [0.4, 0.5) is 0 Å². The van der Waals surface area contributed by atoms with Gasteiger partial charge in [0, 0.05) is 18.8 Å². The quantitative estimate of drug-likeness (QED) is 0.483. The van der Waals surface area contributed by atoms with Crippen molar-refractivity contribution in [2.75, 3.05) is 0 Å². The van der Waals surface area contributed by atoms with E-state index in [9.17, 15) is 4.79 Å². The van der Waals surface area contributed by atoms with Crippen molar-refractivity contribution in [3.05, 3.63) is 16.8 Å². The zero-order chi connectivity index (χ0) is 6.15. The van der Waals surface area contributed by atoms with E-state index in [0.717, 1.165) is 8.77 Å². The zero-order valence-electron chi connectivity index (χ0n) is 4.21. The van der Waals surface area contributed by atoms with Crippen LogP contribution in [0.3, 0.4) is 0 Å². The molecule has 0 aliphatic carbocycles. The van der Waals surface area contributed by atoms with E-state index in [1.165, 1.54) is 13.4 Å². The lowest BCUT2D eigenvalue weighted by Gasteiger charge is -1.77. The lowest BCUT2D eigenvalue weighted by atomic mass is 11.2. The van der Waals surface area contributed by atoms with E-state index in [0.29, 0.717) is 0 Å². The molecule has 1 rings (SSSR count). The van der Waals surface area contributed by atoms with Crippen LogP contribution >= 0.6 is 11.8 Å². The van der Waals surface area contributed by atoms with Gasteiger partial charge in [-0.25, -0.2) is 9.48 Å². The fourth-order valence-corrected chi connectivity index (χ4v) is 0.508. The highest BCUT2D eigenvalue weighted by Gasteiger charge is 1.93. The van der Waals surface area contributed by atoms with Gasteiger partial charge in [-0.1, -0.05) is 0 Å². The van der Waals surface area contributed by atoms with Crippen LogP contribution < -0.4 is 5.69 Å². The van der Waals surface area contributed by atoms with Gasteiger partial charge in [-0.15, -0.1) is 0 Å². The van der Waals surface area contributed by atoms with Crippen molar-refractivity contribution >= 4 is 11.8 Å². The minimum absolute atomic E-state index is 0.327. The third-order valence-corrected chi connectivity index (χ3v) is 1.02. The van der Waals surface area contributed by atoms with Crippen molar-refractivity contribution in [2.45, 2.75) is 0 Å². The van der Waals surface area contributed by atoms with Crippen LogP contribution in [0.1, 0.15) is 0 Å². The van der Waals surface area contributed by atoms with Crippen molar-refractivity contribution in [1.82, 2.24) is 13.9 Å². The standard InChI is InChI=1S/C3H4ClN3O/c1-6-3(8)7(4)2-5-6/h2H,1H3. The molecule has 1 heterocycles. The van der Waals surface area contributed by atoms with Crippen LogP contribution in [-0.2, 0) is 7.05 Å². The largest absolute Gasteiger partial charge is 0.360 e. The van der Waals surface area contributed by atoms with Gasteiger partial charge in [0.15, 0.2) is 0 Å². The summed E-state index contributed by atoms with van der Waals surface area (Å²) in [5.41, 5.74) is -0.327. The number of nitrogens with zero attached hydrogens (tertiary/aromatic N) is 3. The fourth-order valence-electron chi connectivity index (χ4n) is 0.360. The number of hydrogen-bond donors (Lipinski definition) is 0. The van der Waals surface area contributed by atoms with Gasteiger partial charge in [-0.3, -0.25) is 0 Å². The molecule has 0 unspecified atom stereocenters. The Balaban J connectivity index is 3.42. The molecule has 1 aromatic rings. The summed E-state index contributed by atoms with van der Waals surface area (Å²) in [6.45, 7) is 0. The second-order valence-corrected chi connectivity index (χ2v) is 1.71. The molecule has 0 saturated carbocycles. The van der Waals surface area contributed by atoms with E-state index in [2.05, 4.69) is 5.10 Å². The predicted octanol–water partition coefficient (Wildman–Crippen LogP) is -0.416. The van der Waals surface area contributed by atoms with Crippen LogP contribution in [0.2, 0.25) is 0 Å². The molecule has 0 aromatic carbocycles. The van der Waals surface area contributed by atoms with E-state index < -0.39 is 0 Å². The molecule has 44 valence electrons. The SMILES string of the molecule is Cn1ncn(Cl)c1=O. The molecule has 0 saturated heterocycles. The van der Waals surface area contributed by atoms with Crippen LogP contribution in [0.25, 0.3) is 0 Å². The summed E-state index contributed by atoms with van der Waals surface area (Å²) in [6, 6.07) is 0. The molecule has 1 aromatic heterocycles. The third-order valence-electron chi connectivity index (χ3n) is 0.786. The Morgan fingerprint density at radius 3 is 2.62 bits per heavy atom. The van der Waals surface area contributed by atoms with Crippen LogP contribution in [0, 0.1) is 0 Å². The predicted molar refractivity (Wildman–Crippen MR) is 28.7 cm³/mol. The maximum Gasteiger partial charge on any atom is 0.360 e.